The van der Waals surface area contributed by atoms with Gasteiger partial charge in [0.2, 0.25) is 0 Å². The van der Waals surface area contributed by atoms with Crippen LogP contribution in [-0.4, -0.2) is 11.0 Å². The molecule has 1 aliphatic carbocycles. The minimum Gasteiger partial charge on any atom is -0.310 e. The van der Waals surface area contributed by atoms with E-state index in [0.29, 0.717) is 6.04 Å². The van der Waals surface area contributed by atoms with Crippen molar-refractivity contribution in [1.29, 1.82) is 0 Å². The number of hydrogen-bond donors (Lipinski definition) is 1. The van der Waals surface area contributed by atoms with Crippen molar-refractivity contribution in [3.63, 3.8) is 0 Å². The molecule has 1 heterocycles. The summed E-state index contributed by atoms with van der Waals surface area (Å²) in [6.45, 7) is 3.37. The van der Waals surface area contributed by atoms with Crippen LogP contribution in [0, 0.1) is 5.92 Å². The summed E-state index contributed by atoms with van der Waals surface area (Å²) in [5.74, 6) is 0.823. The highest BCUT2D eigenvalue weighted by molar-refractivity contribution is 5.09. The minimum absolute atomic E-state index is 0.704. The molecule has 0 amide bonds. The van der Waals surface area contributed by atoms with Gasteiger partial charge in [-0.1, -0.05) is 26.2 Å². The van der Waals surface area contributed by atoms with E-state index in [4.69, 9.17) is 0 Å². The standard InChI is InChI=1S/C14H22N2/c1-12-5-3-2-4-6-14(12)16-11-13-7-9-15-10-8-13/h7-10,12,14,16H,2-6,11H2,1H3. The Morgan fingerprint density at radius 1 is 1.19 bits per heavy atom. The van der Waals surface area contributed by atoms with Crippen molar-refractivity contribution >= 4 is 0 Å². The zero-order valence-corrected chi connectivity index (χ0v) is 10.2. The molecule has 1 N–H and O–H groups in total. The first kappa shape index (κ1) is 11.6. The molecule has 0 bridgehead atoms. The molecule has 88 valence electrons. The van der Waals surface area contributed by atoms with Crippen molar-refractivity contribution < 1.29 is 0 Å². The molecule has 1 aromatic heterocycles. The molecule has 1 aromatic rings. The van der Waals surface area contributed by atoms with Crippen LogP contribution >= 0.6 is 0 Å². The molecule has 1 aliphatic rings. The molecule has 16 heavy (non-hydrogen) atoms. The van der Waals surface area contributed by atoms with Crippen LogP contribution in [-0.2, 0) is 6.54 Å². The van der Waals surface area contributed by atoms with Gasteiger partial charge in [0.25, 0.3) is 0 Å². The van der Waals surface area contributed by atoms with Crippen LogP contribution in [0.2, 0.25) is 0 Å². The second-order valence-electron chi connectivity index (χ2n) is 4.96. The molecule has 0 spiro atoms. The summed E-state index contributed by atoms with van der Waals surface area (Å²) in [6.07, 6.45) is 10.7. The Bertz CT molecular complexity index is 297. The lowest BCUT2D eigenvalue weighted by molar-refractivity contribution is 0.356. The zero-order valence-electron chi connectivity index (χ0n) is 10.2. The Labute approximate surface area is 98.5 Å². The smallest absolute Gasteiger partial charge is 0.0271 e. The quantitative estimate of drug-likeness (QED) is 0.788. The fraction of sp³-hybridized carbons (Fsp3) is 0.643. The largest absolute Gasteiger partial charge is 0.310 e. The van der Waals surface area contributed by atoms with Gasteiger partial charge in [-0.25, -0.2) is 0 Å². The van der Waals surface area contributed by atoms with Gasteiger partial charge in [-0.05, 0) is 36.5 Å². The number of hydrogen-bond acceptors (Lipinski definition) is 2. The Morgan fingerprint density at radius 3 is 2.75 bits per heavy atom. The van der Waals surface area contributed by atoms with Crippen LogP contribution < -0.4 is 5.32 Å². The summed E-state index contributed by atoms with van der Waals surface area (Å²) in [4.78, 5) is 4.04. The third-order valence-corrected chi connectivity index (χ3v) is 3.68. The first-order chi connectivity index (χ1) is 7.86. The number of aromatic nitrogens is 1. The number of rotatable bonds is 3. The average Bonchev–Trinajstić information content (AvgIpc) is 2.53. The SMILES string of the molecule is CC1CCCCCC1NCc1ccncc1. The fourth-order valence-corrected chi connectivity index (χ4v) is 2.55. The van der Waals surface area contributed by atoms with Crippen molar-refractivity contribution in [2.24, 2.45) is 5.92 Å². The van der Waals surface area contributed by atoms with Crippen molar-refractivity contribution in [3.05, 3.63) is 30.1 Å². The van der Waals surface area contributed by atoms with Crippen molar-refractivity contribution in [2.45, 2.75) is 51.6 Å². The normalized spacial score (nSPS) is 26.3. The van der Waals surface area contributed by atoms with E-state index in [0.717, 1.165) is 12.5 Å². The predicted molar refractivity (Wildman–Crippen MR) is 67.1 cm³/mol. The molecule has 0 radical (unpaired) electrons. The minimum atomic E-state index is 0.704. The van der Waals surface area contributed by atoms with Crippen molar-refractivity contribution in [1.82, 2.24) is 10.3 Å². The zero-order chi connectivity index (χ0) is 11.2. The van der Waals surface area contributed by atoms with Gasteiger partial charge in [0.05, 0.1) is 0 Å². The molecule has 2 unspecified atom stereocenters. The lowest BCUT2D eigenvalue weighted by Crippen LogP contribution is -2.33. The molecular formula is C14H22N2. The maximum atomic E-state index is 4.04. The maximum Gasteiger partial charge on any atom is 0.0271 e. The number of nitrogens with zero attached hydrogens (tertiary/aromatic N) is 1. The van der Waals surface area contributed by atoms with Gasteiger partial charge < -0.3 is 5.32 Å². The number of nitrogens with one attached hydrogen (secondary N) is 1. The summed E-state index contributed by atoms with van der Waals surface area (Å²) in [6, 6.07) is 4.89. The first-order valence-corrected chi connectivity index (χ1v) is 6.48. The molecule has 0 saturated heterocycles. The second kappa shape index (κ2) is 6.00. The summed E-state index contributed by atoms with van der Waals surface area (Å²) in [5, 5.41) is 3.70. The Morgan fingerprint density at radius 2 is 1.94 bits per heavy atom. The lowest BCUT2D eigenvalue weighted by atomic mass is 9.97. The molecule has 2 nitrogen and oxygen atoms in total. The first-order valence-electron chi connectivity index (χ1n) is 6.48. The predicted octanol–water partition coefficient (Wildman–Crippen LogP) is 3.14. The third-order valence-electron chi connectivity index (χ3n) is 3.68. The van der Waals surface area contributed by atoms with Crippen molar-refractivity contribution in [3.8, 4) is 0 Å². The van der Waals surface area contributed by atoms with E-state index in [1.54, 1.807) is 0 Å². The molecule has 2 heteroatoms. The maximum absolute atomic E-state index is 4.04. The van der Waals surface area contributed by atoms with Gasteiger partial charge in [0, 0.05) is 25.0 Å². The van der Waals surface area contributed by atoms with Gasteiger partial charge >= 0.3 is 0 Å². The van der Waals surface area contributed by atoms with Gasteiger partial charge in [-0.3, -0.25) is 4.98 Å². The van der Waals surface area contributed by atoms with E-state index < -0.39 is 0 Å². The number of pyridine rings is 1. The molecular weight excluding hydrogens is 196 g/mol. The third kappa shape index (κ3) is 3.31. The molecule has 0 aromatic carbocycles. The highest BCUT2D eigenvalue weighted by Gasteiger charge is 2.18. The van der Waals surface area contributed by atoms with Crippen molar-refractivity contribution in [2.75, 3.05) is 0 Å². The van der Waals surface area contributed by atoms with E-state index in [9.17, 15) is 0 Å². The average molecular weight is 218 g/mol. The van der Waals surface area contributed by atoms with Crippen LogP contribution in [0.5, 0.6) is 0 Å². The molecule has 0 aliphatic heterocycles. The van der Waals surface area contributed by atoms with Crippen LogP contribution in [0.1, 0.15) is 44.6 Å². The summed E-state index contributed by atoms with van der Waals surface area (Å²) < 4.78 is 0. The van der Waals surface area contributed by atoms with Gasteiger partial charge in [0.15, 0.2) is 0 Å². The highest BCUT2D eigenvalue weighted by Crippen LogP contribution is 2.23. The molecule has 1 fully saturated rings. The Hall–Kier alpha value is -0.890. The van der Waals surface area contributed by atoms with E-state index in [1.165, 1.54) is 37.7 Å². The van der Waals surface area contributed by atoms with Crippen LogP contribution in [0.15, 0.2) is 24.5 Å². The van der Waals surface area contributed by atoms with Gasteiger partial charge in [-0.15, -0.1) is 0 Å². The van der Waals surface area contributed by atoms with E-state index in [1.807, 2.05) is 12.4 Å². The van der Waals surface area contributed by atoms with E-state index in [2.05, 4.69) is 29.4 Å². The summed E-state index contributed by atoms with van der Waals surface area (Å²) in [5.41, 5.74) is 1.34. The summed E-state index contributed by atoms with van der Waals surface area (Å²) in [7, 11) is 0. The monoisotopic (exact) mass is 218 g/mol. The van der Waals surface area contributed by atoms with Gasteiger partial charge in [-0.2, -0.15) is 0 Å². The molecule has 1 saturated carbocycles. The van der Waals surface area contributed by atoms with E-state index in [-0.39, 0.29) is 0 Å². The van der Waals surface area contributed by atoms with Crippen LogP contribution in [0.4, 0.5) is 0 Å². The summed E-state index contributed by atoms with van der Waals surface area (Å²) >= 11 is 0. The Balaban J connectivity index is 1.84. The second-order valence-corrected chi connectivity index (χ2v) is 4.96. The lowest BCUT2D eigenvalue weighted by Gasteiger charge is -2.22. The topological polar surface area (TPSA) is 24.9 Å². The highest BCUT2D eigenvalue weighted by atomic mass is 14.9. The Kier molecular flexibility index (Phi) is 4.34. The van der Waals surface area contributed by atoms with Crippen LogP contribution in [0.3, 0.4) is 0 Å². The fourth-order valence-electron chi connectivity index (χ4n) is 2.55. The molecule has 2 atom stereocenters. The van der Waals surface area contributed by atoms with Gasteiger partial charge in [0.1, 0.15) is 0 Å². The molecule has 2 rings (SSSR count). The van der Waals surface area contributed by atoms with E-state index >= 15 is 0 Å². The van der Waals surface area contributed by atoms with Crippen LogP contribution in [0.25, 0.3) is 0 Å².